The number of rotatable bonds is 9. The maximum absolute atomic E-state index is 14.3. The smallest absolute Gasteiger partial charge is 0.238 e. The fourth-order valence-corrected chi connectivity index (χ4v) is 5.55. The van der Waals surface area contributed by atoms with E-state index in [-0.39, 0.29) is 5.91 Å². The zero-order valence-corrected chi connectivity index (χ0v) is 22.6. The summed E-state index contributed by atoms with van der Waals surface area (Å²) >= 11 is 0. The van der Waals surface area contributed by atoms with Crippen molar-refractivity contribution in [1.29, 1.82) is 0 Å². The predicted octanol–water partition coefficient (Wildman–Crippen LogP) is 5.80. The molecule has 1 saturated heterocycles. The number of nitrogens with zero attached hydrogens (tertiary/aromatic N) is 1. The van der Waals surface area contributed by atoms with E-state index in [9.17, 15) is 4.79 Å². The normalized spacial score (nSPS) is 15.8. The van der Waals surface area contributed by atoms with Gasteiger partial charge in [-0.15, -0.1) is 0 Å². The van der Waals surface area contributed by atoms with E-state index in [1.165, 1.54) is 0 Å². The molecule has 7 nitrogen and oxygen atoms in total. The van der Waals surface area contributed by atoms with Gasteiger partial charge in [0.05, 0.1) is 47.2 Å². The van der Waals surface area contributed by atoms with Gasteiger partial charge in [0.15, 0.2) is 11.5 Å². The van der Waals surface area contributed by atoms with Crippen molar-refractivity contribution in [3.63, 3.8) is 0 Å². The summed E-state index contributed by atoms with van der Waals surface area (Å²) in [6.45, 7) is 0. The molecule has 5 rings (SSSR count). The quantitative estimate of drug-likeness (QED) is 0.257. The van der Waals surface area contributed by atoms with Gasteiger partial charge in [0.1, 0.15) is 17.0 Å². The Bertz CT molecular complexity index is 1380. The number of hydrogen-bond acceptors (Lipinski definition) is 6. The Kier molecular flexibility index (Phi) is 7.07. The maximum atomic E-state index is 14.3. The molecule has 1 heterocycles. The Balaban J connectivity index is 1.83. The standard InChI is InChI=1S/C32H31NO6/c1-35-25-15-11-22(12-16-25)32(23-13-17-26(36-2)18-14-23)29(21-9-7-6-8-10-21)31(34)33(32)24-19-27(37-3)30(39-5)28(20-24)38-4/h6-20,29H,1-5H3/t29-/m0/s1. The first-order valence-electron chi connectivity index (χ1n) is 12.5. The van der Waals surface area contributed by atoms with Gasteiger partial charge in [-0.05, 0) is 41.0 Å². The minimum atomic E-state index is -0.901. The highest BCUT2D eigenvalue weighted by Gasteiger charge is 2.63. The van der Waals surface area contributed by atoms with E-state index in [4.69, 9.17) is 23.7 Å². The van der Waals surface area contributed by atoms with Crippen molar-refractivity contribution in [2.45, 2.75) is 11.5 Å². The molecule has 0 aromatic heterocycles. The molecule has 1 fully saturated rings. The van der Waals surface area contributed by atoms with E-state index >= 15 is 0 Å². The first-order valence-corrected chi connectivity index (χ1v) is 12.5. The van der Waals surface area contributed by atoms with Crippen LogP contribution in [0.3, 0.4) is 0 Å². The fourth-order valence-electron chi connectivity index (χ4n) is 5.55. The van der Waals surface area contributed by atoms with Crippen LogP contribution in [0.25, 0.3) is 0 Å². The molecule has 1 aliphatic rings. The minimum Gasteiger partial charge on any atom is -0.497 e. The largest absolute Gasteiger partial charge is 0.497 e. The first kappa shape index (κ1) is 26.0. The zero-order valence-electron chi connectivity index (χ0n) is 22.6. The molecule has 0 radical (unpaired) electrons. The van der Waals surface area contributed by atoms with Crippen LogP contribution in [0, 0.1) is 0 Å². The monoisotopic (exact) mass is 525 g/mol. The zero-order chi connectivity index (χ0) is 27.6. The van der Waals surface area contributed by atoms with Crippen LogP contribution in [-0.4, -0.2) is 41.5 Å². The first-order chi connectivity index (χ1) is 19.0. The predicted molar refractivity (Wildman–Crippen MR) is 150 cm³/mol. The molecule has 7 heteroatoms. The van der Waals surface area contributed by atoms with Crippen LogP contribution < -0.4 is 28.6 Å². The van der Waals surface area contributed by atoms with E-state index in [0.29, 0.717) is 22.9 Å². The number of anilines is 1. The molecular weight excluding hydrogens is 494 g/mol. The van der Waals surface area contributed by atoms with Crippen LogP contribution in [-0.2, 0) is 10.3 Å². The maximum Gasteiger partial charge on any atom is 0.238 e. The lowest BCUT2D eigenvalue weighted by Crippen LogP contribution is -2.68. The van der Waals surface area contributed by atoms with Crippen molar-refractivity contribution in [2.75, 3.05) is 40.4 Å². The highest BCUT2D eigenvalue weighted by Crippen LogP contribution is 2.59. The summed E-state index contributed by atoms with van der Waals surface area (Å²) in [4.78, 5) is 16.1. The molecule has 1 aliphatic heterocycles. The molecular formula is C32H31NO6. The molecule has 0 N–H and O–H groups in total. The Hall–Kier alpha value is -4.65. The summed E-state index contributed by atoms with van der Waals surface area (Å²) < 4.78 is 27.8. The summed E-state index contributed by atoms with van der Waals surface area (Å²) in [7, 11) is 7.95. The fraction of sp³-hybridized carbons (Fsp3) is 0.219. The van der Waals surface area contributed by atoms with Crippen molar-refractivity contribution in [2.24, 2.45) is 0 Å². The van der Waals surface area contributed by atoms with Crippen LogP contribution in [0.5, 0.6) is 28.7 Å². The van der Waals surface area contributed by atoms with Crippen molar-refractivity contribution >= 4 is 11.6 Å². The summed E-state index contributed by atoms with van der Waals surface area (Å²) in [5.74, 6) is 2.27. The van der Waals surface area contributed by atoms with Crippen molar-refractivity contribution < 1.29 is 28.5 Å². The highest BCUT2D eigenvalue weighted by atomic mass is 16.5. The Labute approximate surface area is 228 Å². The third kappa shape index (κ3) is 4.11. The lowest BCUT2D eigenvalue weighted by atomic mass is 9.62. The molecule has 0 aliphatic carbocycles. The Morgan fingerprint density at radius 1 is 0.615 bits per heavy atom. The molecule has 1 atom stereocenters. The van der Waals surface area contributed by atoms with Crippen LogP contribution in [0.4, 0.5) is 5.69 Å². The molecule has 1 amide bonds. The topological polar surface area (TPSA) is 66.5 Å². The molecule has 4 aromatic carbocycles. The number of hydrogen-bond donors (Lipinski definition) is 0. The van der Waals surface area contributed by atoms with Gasteiger partial charge in [0.2, 0.25) is 11.7 Å². The summed E-state index contributed by atoms with van der Waals surface area (Å²) in [6.07, 6.45) is 0. The number of ether oxygens (including phenoxy) is 5. The Morgan fingerprint density at radius 3 is 1.51 bits per heavy atom. The lowest BCUT2D eigenvalue weighted by Gasteiger charge is -2.58. The number of β-lactam (4-membered cyclic amide) rings is 1. The van der Waals surface area contributed by atoms with Crippen molar-refractivity contribution in [1.82, 2.24) is 0 Å². The second-order valence-electron chi connectivity index (χ2n) is 9.12. The molecule has 0 unspecified atom stereocenters. The average molecular weight is 526 g/mol. The van der Waals surface area contributed by atoms with E-state index in [1.54, 1.807) is 35.5 Å². The Morgan fingerprint density at radius 2 is 1.10 bits per heavy atom. The number of amides is 1. The summed E-state index contributed by atoms with van der Waals surface area (Å²) in [5, 5.41) is 0. The van der Waals surface area contributed by atoms with Gasteiger partial charge < -0.3 is 23.7 Å². The summed E-state index contributed by atoms with van der Waals surface area (Å²) in [6, 6.07) is 29.2. The van der Waals surface area contributed by atoms with Gasteiger partial charge in [0.25, 0.3) is 0 Å². The third-order valence-electron chi connectivity index (χ3n) is 7.34. The van der Waals surface area contributed by atoms with Crippen LogP contribution in [0.15, 0.2) is 91.0 Å². The number of carbonyl (C=O) groups is 1. The summed E-state index contributed by atoms with van der Waals surface area (Å²) in [5.41, 5.74) is 2.49. The molecule has 4 aromatic rings. The lowest BCUT2D eigenvalue weighted by molar-refractivity contribution is -0.129. The van der Waals surface area contributed by atoms with Gasteiger partial charge in [-0.2, -0.15) is 0 Å². The van der Waals surface area contributed by atoms with Crippen molar-refractivity contribution in [3.05, 3.63) is 108 Å². The number of methoxy groups -OCH3 is 5. The van der Waals surface area contributed by atoms with E-state index in [0.717, 1.165) is 28.2 Å². The number of carbonyl (C=O) groups excluding carboxylic acids is 1. The minimum absolute atomic E-state index is 0.0536. The van der Waals surface area contributed by atoms with Crippen LogP contribution >= 0.6 is 0 Å². The molecule has 0 bridgehead atoms. The van der Waals surface area contributed by atoms with Crippen molar-refractivity contribution in [3.8, 4) is 28.7 Å². The second-order valence-corrected chi connectivity index (χ2v) is 9.12. The van der Waals surface area contributed by atoms with Gasteiger partial charge in [0, 0.05) is 12.1 Å². The van der Waals surface area contributed by atoms with E-state index in [1.807, 2.05) is 95.9 Å². The third-order valence-corrected chi connectivity index (χ3v) is 7.34. The highest BCUT2D eigenvalue weighted by molar-refractivity contribution is 6.10. The van der Waals surface area contributed by atoms with Crippen LogP contribution in [0.1, 0.15) is 22.6 Å². The molecule has 0 spiro atoms. The van der Waals surface area contributed by atoms with Gasteiger partial charge >= 0.3 is 0 Å². The van der Waals surface area contributed by atoms with Crippen LogP contribution in [0.2, 0.25) is 0 Å². The second kappa shape index (κ2) is 10.6. The number of benzene rings is 4. The van der Waals surface area contributed by atoms with E-state index < -0.39 is 11.5 Å². The SMILES string of the molecule is COc1ccc(C2(c3ccc(OC)cc3)[C@@H](c3ccccc3)C(=O)N2c2cc(OC)c(OC)c(OC)c2)cc1. The van der Waals surface area contributed by atoms with Gasteiger partial charge in [-0.3, -0.25) is 9.69 Å². The molecule has 200 valence electrons. The molecule has 39 heavy (non-hydrogen) atoms. The molecule has 0 saturated carbocycles. The van der Waals surface area contributed by atoms with Gasteiger partial charge in [-0.1, -0.05) is 54.6 Å². The average Bonchev–Trinajstić information content (AvgIpc) is 2.99. The van der Waals surface area contributed by atoms with E-state index in [2.05, 4.69) is 0 Å². The van der Waals surface area contributed by atoms with Gasteiger partial charge in [-0.25, -0.2) is 0 Å².